The monoisotopic (exact) mass is 261 g/mol. The summed E-state index contributed by atoms with van der Waals surface area (Å²) in [5.41, 5.74) is 0.376. The molecule has 2 amide bonds. The number of nitrogens with zero attached hydrogens (tertiary/aromatic N) is 1. The van der Waals surface area contributed by atoms with Crippen molar-refractivity contribution in [3.63, 3.8) is 0 Å². The maximum atomic E-state index is 11.4. The predicted molar refractivity (Wildman–Crippen MR) is 68.3 cm³/mol. The highest BCUT2D eigenvalue weighted by molar-refractivity contribution is 5.79. The van der Waals surface area contributed by atoms with Crippen molar-refractivity contribution in [3.05, 3.63) is 29.8 Å². The fourth-order valence-corrected chi connectivity index (χ4v) is 1.32. The van der Waals surface area contributed by atoms with Crippen LogP contribution in [0.15, 0.2) is 24.3 Å². The zero-order valence-corrected chi connectivity index (χ0v) is 10.6. The van der Waals surface area contributed by atoms with Crippen LogP contribution in [0.4, 0.5) is 0 Å². The number of hydrogen-bond donors (Lipinski definition) is 2. The van der Waals surface area contributed by atoms with E-state index in [1.165, 1.54) is 7.05 Å². The molecule has 0 aliphatic heterocycles. The van der Waals surface area contributed by atoms with Gasteiger partial charge in [0.25, 0.3) is 5.91 Å². The van der Waals surface area contributed by atoms with Gasteiger partial charge in [0.2, 0.25) is 5.91 Å². The molecule has 100 valence electrons. The van der Waals surface area contributed by atoms with Crippen molar-refractivity contribution in [2.24, 2.45) is 0 Å². The molecule has 0 aromatic heterocycles. The van der Waals surface area contributed by atoms with Crippen molar-refractivity contribution in [1.82, 2.24) is 10.6 Å². The molecule has 1 aromatic rings. The molecule has 1 rings (SSSR count). The second-order valence-corrected chi connectivity index (χ2v) is 3.67. The Morgan fingerprint density at radius 3 is 2.74 bits per heavy atom. The minimum absolute atomic E-state index is 0.143. The molecule has 0 unspecified atom stereocenters. The van der Waals surface area contributed by atoms with E-state index in [1.54, 1.807) is 24.3 Å². The van der Waals surface area contributed by atoms with Crippen LogP contribution < -0.4 is 15.4 Å². The standard InChI is InChI=1S/C13H15N3O3/c1-15-12(17)6-7-16-13(18)9-19-11-5-3-2-4-10(11)8-14/h2-5H,6-7,9H2,1H3,(H,15,17)(H,16,18). The summed E-state index contributed by atoms with van der Waals surface area (Å²) in [4.78, 5) is 22.4. The zero-order chi connectivity index (χ0) is 14.1. The van der Waals surface area contributed by atoms with E-state index < -0.39 is 0 Å². The van der Waals surface area contributed by atoms with Gasteiger partial charge in [0, 0.05) is 20.0 Å². The number of nitrogens with one attached hydrogen (secondary N) is 2. The maximum absolute atomic E-state index is 11.4. The highest BCUT2D eigenvalue weighted by Gasteiger charge is 2.06. The van der Waals surface area contributed by atoms with Crippen LogP contribution in [0.5, 0.6) is 5.75 Å². The fraction of sp³-hybridized carbons (Fsp3) is 0.308. The van der Waals surface area contributed by atoms with Crippen molar-refractivity contribution in [2.75, 3.05) is 20.2 Å². The number of rotatable bonds is 6. The van der Waals surface area contributed by atoms with Gasteiger partial charge in [-0.2, -0.15) is 5.26 Å². The summed E-state index contributed by atoms with van der Waals surface area (Å²) in [6.07, 6.45) is 0.219. The van der Waals surface area contributed by atoms with Gasteiger partial charge in [0.05, 0.1) is 5.56 Å². The molecule has 1 aromatic carbocycles. The molecule has 2 N–H and O–H groups in total. The number of amides is 2. The minimum Gasteiger partial charge on any atom is -0.482 e. The first-order valence-corrected chi connectivity index (χ1v) is 5.76. The van der Waals surface area contributed by atoms with E-state index in [-0.39, 0.29) is 31.4 Å². The summed E-state index contributed by atoms with van der Waals surface area (Å²) < 4.78 is 5.24. The first kappa shape index (κ1) is 14.5. The van der Waals surface area contributed by atoms with Gasteiger partial charge in [-0.1, -0.05) is 12.1 Å². The highest BCUT2D eigenvalue weighted by Crippen LogP contribution is 2.15. The SMILES string of the molecule is CNC(=O)CCNC(=O)COc1ccccc1C#N. The molecule has 0 fully saturated rings. The van der Waals surface area contributed by atoms with Gasteiger partial charge < -0.3 is 15.4 Å². The van der Waals surface area contributed by atoms with Gasteiger partial charge in [0.15, 0.2) is 6.61 Å². The molecule has 6 heteroatoms. The lowest BCUT2D eigenvalue weighted by Crippen LogP contribution is -2.32. The summed E-state index contributed by atoms with van der Waals surface area (Å²) in [5.74, 6) is -0.112. The quantitative estimate of drug-likeness (QED) is 0.764. The Bertz CT molecular complexity index is 494. The van der Waals surface area contributed by atoms with E-state index in [4.69, 9.17) is 10.00 Å². The molecule has 0 saturated carbocycles. The topological polar surface area (TPSA) is 91.2 Å². The van der Waals surface area contributed by atoms with E-state index >= 15 is 0 Å². The molecule has 19 heavy (non-hydrogen) atoms. The Labute approximate surface area is 111 Å². The van der Waals surface area contributed by atoms with Crippen molar-refractivity contribution in [3.8, 4) is 11.8 Å². The van der Waals surface area contributed by atoms with Crippen LogP contribution in [0.3, 0.4) is 0 Å². The third-order valence-corrected chi connectivity index (χ3v) is 2.32. The molecule has 0 bridgehead atoms. The molecule has 0 aliphatic rings. The van der Waals surface area contributed by atoms with Gasteiger partial charge in [0.1, 0.15) is 11.8 Å². The van der Waals surface area contributed by atoms with Gasteiger partial charge in [-0.25, -0.2) is 0 Å². The molecular formula is C13H15N3O3. The molecule has 0 saturated heterocycles. The average Bonchev–Trinajstić information content (AvgIpc) is 2.45. The molecule has 0 spiro atoms. The zero-order valence-electron chi connectivity index (χ0n) is 10.6. The van der Waals surface area contributed by atoms with E-state index in [1.807, 2.05) is 6.07 Å². The lowest BCUT2D eigenvalue weighted by molar-refractivity contribution is -0.123. The lowest BCUT2D eigenvalue weighted by atomic mass is 10.2. The number of para-hydroxylation sites is 1. The number of nitriles is 1. The van der Waals surface area contributed by atoms with E-state index in [0.29, 0.717) is 11.3 Å². The summed E-state index contributed by atoms with van der Waals surface area (Å²) in [7, 11) is 1.53. The first-order valence-electron chi connectivity index (χ1n) is 5.76. The van der Waals surface area contributed by atoms with Gasteiger partial charge >= 0.3 is 0 Å². The van der Waals surface area contributed by atoms with Crippen LogP contribution in [0.25, 0.3) is 0 Å². The van der Waals surface area contributed by atoms with Gasteiger partial charge in [-0.15, -0.1) is 0 Å². The number of carbonyl (C=O) groups excluding carboxylic acids is 2. The Morgan fingerprint density at radius 1 is 1.32 bits per heavy atom. The number of ether oxygens (including phenoxy) is 1. The van der Waals surface area contributed by atoms with Crippen LogP contribution >= 0.6 is 0 Å². The van der Waals surface area contributed by atoms with Crippen molar-refractivity contribution >= 4 is 11.8 Å². The van der Waals surface area contributed by atoms with Crippen LogP contribution in [-0.4, -0.2) is 32.0 Å². The molecule has 0 aliphatic carbocycles. The summed E-state index contributed by atoms with van der Waals surface area (Å²) >= 11 is 0. The Morgan fingerprint density at radius 2 is 2.05 bits per heavy atom. The average molecular weight is 261 g/mol. The largest absolute Gasteiger partial charge is 0.482 e. The maximum Gasteiger partial charge on any atom is 0.257 e. The third-order valence-electron chi connectivity index (χ3n) is 2.32. The van der Waals surface area contributed by atoms with Crippen LogP contribution in [0, 0.1) is 11.3 Å². The summed E-state index contributed by atoms with van der Waals surface area (Å²) in [5, 5.41) is 13.8. The summed E-state index contributed by atoms with van der Waals surface area (Å²) in [6.45, 7) is 0.0637. The Hall–Kier alpha value is -2.55. The molecule has 0 heterocycles. The van der Waals surface area contributed by atoms with E-state index in [2.05, 4.69) is 10.6 Å². The second kappa shape index (κ2) is 7.71. The fourth-order valence-electron chi connectivity index (χ4n) is 1.32. The van der Waals surface area contributed by atoms with Crippen LogP contribution in [0.1, 0.15) is 12.0 Å². The third kappa shape index (κ3) is 5.08. The van der Waals surface area contributed by atoms with Crippen molar-refractivity contribution in [1.29, 1.82) is 5.26 Å². The van der Waals surface area contributed by atoms with Crippen LogP contribution in [-0.2, 0) is 9.59 Å². The predicted octanol–water partition coefficient (Wildman–Crippen LogP) is 0.189. The highest BCUT2D eigenvalue weighted by atomic mass is 16.5. The smallest absolute Gasteiger partial charge is 0.257 e. The minimum atomic E-state index is -0.336. The number of carbonyl (C=O) groups is 2. The van der Waals surface area contributed by atoms with E-state index in [9.17, 15) is 9.59 Å². The van der Waals surface area contributed by atoms with Crippen molar-refractivity contribution in [2.45, 2.75) is 6.42 Å². The summed E-state index contributed by atoms with van der Waals surface area (Å²) in [6, 6.07) is 8.65. The lowest BCUT2D eigenvalue weighted by Gasteiger charge is -2.08. The van der Waals surface area contributed by atoms with E-state index in [0.717, 1.165) is 0 Å². The number of hydrogen-bond acceptors (Lipinski definition) is 4. The Balaban J connectivity index is 2.34. The van der Waals surface area contributed by atoms with Gasteiger partial charge in [-0.3, -0.25) is 9.59 Å². The normalized spacial score (nSPS) is 9.26. The molecule has 0 atom stereocenters. The second-order valence-electron chi connectivity index (χ2n) is 3.67. The van der Waals surface area contributed by atoms with Crippen LogP contribution in [0.2, 0.25) is 0 Å². The molecule has 6 nitrogen and oxygen atoms in total. The Kier molecular flexibility index (Phi) is 5.89. The van der Waals surface area contributed by atoms with Crippen molar-refractivity contribution < 1.29 is 14.3 Å². The molecular weight excluding hydrogens is 246 g/mol. The number of benzene rings is 1. The molecule has 0 radical (unpaired) electrons. The van der Waals surface area contributed by atoms with Gasteiger partial charge in [-0.05, 0) is 12.1 Å². The first-order chi connectivity index (χ1) is 9.17.